The van der Waals surface area contributed by atoms with E-state index in [-0.39, 0.29) is 17.4 Å². The van der Waals surface area contributed by atoms with Crippen molar-refractivity contribution >= 4 is 11.7 Å². The Hall–Kier alpha value is -3.60. The van der Waals surface area contributed by atoms with Gasteiger partial charge in [-0.05, 0) is 24.3 Å². The zero-order chi connectivity index (χ0) is 21.7. The summed E-state index contributed by atoms with van der Waals surface area (Å²) in [5.41, 5.74) is 2.73. The van der Waals surface area contributed by atoms with Gasteiger partial charge in [-0.3, -0.25) is 10.5 Å². The van der Waals surface area contributed by atoms with Crippen molar-refractivity contribution in [2.24, 2.45) is 16.6 Å². The molecule has 4 rings (SSSR count). The SMILES string of the molecule is COC1(OC)[NH+]=C(N)[C@]2(C#N)[C@@H](c3ccco3)N(C(C)=O)[C@@H](c3ccco3)[C@]12C#N. The van der Waals surface area contributed by atoms with Gasteiger partial charge in [-0.2, -0.15) is 10.5 Å². The molecule has 10 heteroatoms. The maximum absolute atomic E-state index is 13.0. The molecule has 0 aromatic carbocycles. The molecule has 2 aromatic heterocycles. The van der Waals surface area contributed by atoms with Crippen LogP contribution in [0.15, 0.2) is 45.6 Å². The summed E-state index contributed by atoms with van der Waals surface area (Å²) < 4.78 is 22.6. The molecule has 4 atom stereocenters. The van der Waals surface area contributed by atoms with Crippen LogP contribution in [0, 0.1) is 33.5 Å². The lowest BCUT2D eigenvalue weighted by Gasteiger charge is -2.39. The van der Waals surface area contributed by atoms with Crippen molar-refractivity contribution in [3.63, 3.8) is 0 Å². The molecule has 2 aliphatic heterocycles. The largest absolute Gasteiger partial charge is 0.467 e. The molecule has 1 fully saturated rings. The number of methoxy groups -OCH3 is 2. The Balaban J connectivity index is 2.18. The van der Waals surface area contributed by atoms with Gasteiger partial charge < -0.3 is 23.2 Å². The second-order valence-electron chi connectivity index (χ2n) is 7.17. The predicted molar refractivity (Wildman–Crippen MR) is 98.4 cm³/mol. The average molecular weight is 410 g/mol. The molecule has 10 nitrogen and oxygen atoms in total. The third-order valence-electron chi connectivity index (χ3n) is 6.16. The second kappa shape index (κ2) is 6.46. The quantitative estimate of drug-likeness (QED) is 0.665. The van der Waals surface area contributed by atoms with Crippen molar-refractivity contribution in [2.75, 3.05) is 14.2 Å². The summed E-state index contributed by atoms with van der Waals surface area (Å²) in [6, 6.07) is 8.82. The van der Waals surface area contributed by atoms with Crippen molar-refractivity contribution in [1.29, 1.82) is 10.5 Å². The van der Waals surface area contributed by atoms with Crippen LogP contribution in [0.5, 0.6) is 0 Å². The summed E-state index contributed by atoms with van der Waals surface area (Å²) >= 11 is 0. The summed E-state index contributed by atoms with van der Waals surface area (Å²) in [5.74, 6) is -1.78. The topological polar surface area (TPSA) is 153 Å². The van der Waals surface area contributed by atoms with E-state index in [9.17, 15) is 15.3 Å². The number of hydrogen-bond acceptors (Lipinski definition) is 8. The zero-order valence-electron chi connectivity index (χ0n) is 16.6. The van der Waals surface area contributed by atoms with Crippen LogP contribution >= 0.6 is 0 Å². The first kappa shape index (κ1) is 19.7. The van der Waals surface area contributed by atoms with E-state index in [0.717, 1.165) is 0 Å². The van der Waals surface area contributed by atoms with Gasteiger partial charge in [-0.25, -0.2) is 4.99 Å². The smallest absolute Gasteiger partial charge is 0.344 e. The highest BCUT2D eigenvalue weighted by molar-refractivity contribution is 5.92. The summed E-state index contributed by atoms with van der Waals surface area (Å²) in [5, 5.41) is 21.2. The molecule has 0 aliphatic carbocycles. The Morgan fingerprint density at radius 1 is 1.13 bits per heavy atom. The van der Waals surface area contributed by atoms with E-state index >= 15 is 0 Å². The number of rotatable bonds is 4. The van der Waals surface area contributed by atoms with Gasteiger partial charge in [0, 0.05) is 21.1 Å². The van der Waals surface area contributed by atoms with Crippen LogP contribution < -0.4 is 10.7 Å². The molecule has 0 spiro atoms. The lowest BCUT2D eigenvalue weighted by atomic mass is 9.59. The Morgan fingerprint density at radius 2 is 1.70 bits per heavy atom. The molecular formula is C20H20N5O5+. The van der Waals surface area contributed by atoms with E-state index in [2.05, 4.69) is 17.1 Å². The van der Waals surface area contributed by atoms with Crippen LogP contribution in [0.1, 0.15) is 30.5 Å². The second-order valence-corrected chi connectivity index (χ2v) is 7.17. The molecule has 154 valence electrons. The van der Waals surface area contributed by atoms with Crippen molar-refractivity contribution < 1.29 is 28.1 Å². The highest BCUT2D eigenvalue weighted by Crippen LogP contribution is 2.70. The van der Waals surface area contributed by atoms with Gasteiger partial charge in [0.05, 0.1) is 24.7 Å². The maximum atomic E-state index is 13.0. The number of fused-ring (bicyclic) bond motifs is 1. The Kier molecular flexibility index (Phi) is 4.24. The van der Waals surface area contributed by atoms with Gasteiger partial charge in [0.25, 0.3) is 5.84 Å². The van der Waals surface area contributed by atoms with Gasteiger partial charge in [0.15, 0.2) is 0 Å². The van der Waals surface area contributed by atoms with Crippen LogP contribution in [0.2, 0.25) is 0 Å². The van der Waals surface area contributed by atoms with Gasteiger partial charge >= 0.3 is 5.91 Å². The molecule has 0 bridgehead atoms. The number of likely N-dealkylation sites (tertiary alicyclic amines) is 1. The van der Waals surface area contributed by atoms with Crippen LogP contribution in [0.4, 0.5) is 0 Å². The normalized spacial score (nSPS) is 31.6. The third kappa shape index (κ3) is 1.92. The van der Waals surface area contributed by atoms with E-state index < -0.39 is 34.7 Å². The van der Waals surface area contributed by atoms with Crippen molar-refractivity contribution in [1.82, 2.24) is 4.90 Å². The number of furan rings is 2. The lowest BCUT2D eigenvalue weighted by molar-refractivity contribution is -0.692. The number of nitriles is 2. The minimum atomic E-state index is -1.86. The number of carbonyl (C=O) groups excluding carboxylic acids is 1. The Morgan fingerprint density at radius 3 is 2.10 bits per heavy atom. The van der Waals surface area contributed by atoms with Crippen molar-refractivity contribution in [2.45, 2.75) is 24.9 Å². The molecule has 0 radical (unpaired) electrons. The molecule has 0 unspecified atom stereocenters. The average Bonchev–Trinajstić information content (AvgIpc) is 3.51. The van der Waals surface area contributed by atoms with Crippen LogP contribution in [0.3, 0.4) is 0 Å². The van der Waals surface area contributed by atoms with Crippen molar-refractivity contribution in [3.8, 4) is 12.1 Å². The summed E-state index contributed by atoms with van der Waals surface area (Å²) in [6.45, 7) is 1.34. The third-order valence-corrected chi connectivity index (χ3v) is 6.16. The molecular weight excluding hydrogens is 390 g/mol. The highest BCUT2D eigenvalue weighted by Gasteiger charge is 2.89. The molecule has 2 aromatic rings. The lowest BCUT2D eigenvalue weighted by Crippen LogP contribution is -2.90. The Labute approximate surface area is 172 Å². The number of hydrogen-bond donors (Lipinski definition) is 2. The molecule has 1 amide bonds. The molecule has 2 aliphatic rings. The summed E-state index contributed by atoms with van der Waals surface area (Å²) in [7, 11) is 2.65. The first-order valence-corrected chi connectivity index (χ1v) is 9.10. The predicted octanol–water partition coefficient (Wildman–Crippen LogP) is -0.0649. The van der Waals surface area contributed by atoms with E-state index in [0.29, 0.717) is 0 Å². The summed E-state index contributed by atoms with van der Waals surface area (Å²) in [4.78, 5) is 17.2. The van der Waals surface area contributed by atoms with E-state index in [1.807, 2.05) is 0 Å². The maximum Gasteiger partial charge on any atom is 0.344 e. The van der Waals surface area contributed by atoms with Gasteiger partial charge in [0.1, 0.15) is 23.6 Å². The summed E-state index contributed by atoms with van der Waals surface area (Å²) in [6.07, 6.45) is 2.84. The van der Waals surface area contributed by atoms with Crippen LogP contribution in [-0.2, 0) is 14.3 Å². The number of amidine groups is 1. The fraction of sp³-hybridized carbons (Fsp3) is 0.400. The first-order chi connectivity index (χ1) is 14.4. The van der Waals surface area contributed by atoms with Crippen LogP contribution in [0.25, 0.3) is 0 Å². The number of ether oxygens (including phenoxy) is 2. The number of nitrogens with one attached hydrogen (secondary N) is 1. The van der Waals surface area contributed by atoms with E-state index in [4.69, 9.17) is 24.0 Å². The zero-order valence-corrected chi connectivity index (χ0v) is 16.6. The number of nitrogens with zero attached hydrogens (tertiary/aromatic N) is 3. The monoisotopic (exact) mass is 410 g/mol. The number of carbonyl (C=O) groups is 1. The van der Waals surface area contributed by atoms with Crippen LogP contribution in [-0.4, -0.2) is 36.8 Å². The Bertz CT molecular complexity index is 1080. The molecule has 30 heavy (non-hydrogen) atoms. The van der Waals surface area contributed by atoms with Crippen molar-refractivity contribution in [3.05, 3.63) is 48.3 Å². The number of amides is 1. The van der Waals surface area contributed by atoms with E-state index in [1.54, 1.807) is 24.3 Å². The number of nitrogens with two attached hydrogens (primary N) is 1. The minimum absolute atomic E-state index is 0.0723. The highest BCUT2D eigenvalue weighted by atomic mass is 16.7. The van der Waals surface area contributed by atoms with Gasteiger partial charge in [-0.1, -0.05) is 0 Å². The minimum Gasteiger partial charge on any atom is -0.467 e. The van der Waals surface area contributed by atoms with Gasteiger partial charge in [-0.15, -0.1) is 0 Å². The standard InChI is InChI=1S/C20H19N5O5/c1-12(26)25-15(13-6-4-8-29-13)18(10-21)17(23)24-20(27-2,28-3)19(18,11-22)16(25)14-7-5-9-30-14/h4-9,15-16H,1-3H3,(H2,23,24)/p+1/t15-,16+,18+,19+/m1/s1. The molecule has 3 N–H and O–H groups in total. The molecule has 4 heterocycles. The fourth-order valence-electron chi connectivity index (χ4n) is 5.07. The molecule has 1 saturated heterocycles. The molecule has 0 saturated carbocycles. The van der Waals surface area contributed by atoms with Gasteiger partial charge in [0.2, 0.25) is 16.7 Å². The van der Waals surface area contributed by atoms with E-state index in [1.165, 1.54) is 38.6 Å². The first-order valence-electron chi connectivity index (χ1n) is 9.10. The fourth-order valence-corrected chi connectivity index (χ4v) is 5.07.